The van der Waals surface area contributed by atoms with Crippen LogP contribution in [-0.2, 0) is 9.59 Å². The first-order valence-electron chi connectivity index (χ1n) is 11.0. The van der Waals surface area contributed by atoms with Crippen LogP contribution in [0.3, 0.4) is 0 Å². The molecule has 0 N–H and O–H groups in total. The van der Waals surface area contributed by atoms with Crippen LogP contribution in [-0.4, -0.2) is 53.8 Å². The Labute approximate surface area is 201 Å². The normalized spacial score (nSPS) is 14.0. The zero-order chi connectivity index (χ0) is 23.5. The van der Waals surface area contributed by atoms with E-state index < -0.39 is 0 Å². The van der Waals surface area contributed by atoms with Crippen molar-refractivity contribution in [1.82, 2.24) is 9.88 Å². The number of imide groups is 1. The minimum absolute atomic E-state index is 0.182. The van der Waals surface area contributed by atoms with Gasteiger partial charge in [0.25, 0.3) is 5.91 Å². The average molecular weight is 485 g/mol. The molecule has 9 heteroatoms. The van der Waals surface area contributed by atoms with E-state index in [1.165, 1.54) is 16.2 Å². The third-order valence-corrected chi connectivity index (χ3v) is 7.05. The SMILES string of the molecule is CCN(CC)CCN(C(=O)c1ccc(N2C(=O)CCC2=O)cc1)c1nc2ccc(Cl)cc2s1. The summed E-state index contributed by atoms with van der Waals surface area (Å²) in [5.41, 5.74) is 1.75. The summed E-state index contributed by atoms with van der Waals surface area (Å²) >= 11 is 7.56. The first-order valence-corrected chi connectivity index (χ1v) is 12.2. The standard InChI is InChI=1S/C24H25ClN4O3S/c1-3-27(4-2)13-14-28(24-26-19-10-7-17(25)15-20(19)33-24)23(32)16-5-8-18(9-6-16)29-21(30)11-12-22(29)31/h5-10,15H,3-4,11-14H2,1-2H3. The van der Waals surface area contributed by atoms with Crippen molar-refractivity contribution < 1.29 is 14.4 Å². The number of anilines is 2. The van der Waals surface area contributed by atoms with E-state index >= 15 is 0 Å². The van der Waals surface area contributed by atoms with Gasteiger partial charge in [0.15, 0.2) is 5.13 Å². The number of carbonyl (C=O) groups is 3. The zero-order valence-corrected chi connectivity index (χ0v) is 20.2. The number of hydrogen-bond donors (Lipinski definition) is 0. The summed E-state index contributed by atoms with van der Waals surface area (Å²) in [7, 11) is 0. The van der Waals surface area contributed by atoms with E-state index in [1.54, 1.807) is 35.2 Å². The van der Waals surface area contributed by atoms with Gasteiger partial charge in [0.05, 0.1) is 15.9 Å². The summed E-state index contributed by atoms with van der Waals surface area (Å²) in [4.78, 5) is 47.4. The smallest absolute Gasteiger partial charge is 0.260 e. The van der Waals surface area contributed by atoms with E-state index in [-0.39, 0.29) is 30.6 Å². The Morgan fingerprint density at radius 3 is 2.33 bits per heavy atom. The number of amides is 3. The Hall–Kier alpha value is -2.81. The lowest BCUT2D eigenvalue weighted by Gasteiger charge is -2.25. The van der Waals surface area contributed by atoms with Gasteiger partial charge in [0.1, 0.15) is 0 Å². The van der Waals surface area contributed by atoms with Gasteiger partial charge in [-0.05, 0) is 55.6 Å². The molecular formula is C24H25ClN4O3S. The molecule has 2 heterocycles. The number of rotatable bonds is 8. The third kappa shape index (κ3) is 4.93. The van der Waals surface area contributed by atoms with E-state index in [0.29, 0.717) is 34.5 Å². The van der Waals surface area contributed by atoms with Crippen LogP contribution in [0.25, 0.3) is 10.2 Å². The first-order chi connectivity index (χ1) is 15.9. The Bertz CT molecular complexity index is 1170. The highest BCUT2D eigenvalue weighted by Crippen LogP contribution is 2.32. The Morgan fingerprint density at radius 2 is 1.70 bits per heavy atom. The fourth-order valence-electron chi connectivity index (χ4n) is 3.84. The molecule has 0 saturated carbocycles. The number of fused-ring (bicyclic) bond motifs is 1. The van der Waals surface area contributed by atoms with E-state index in [1.807, 2.05) is 12.1 Å². The number of aromatic nitrogens is 1. The van der Waals surface area contributed by atoms with Crippen molar-refractivity contribution in [3.05, 3.63) is 53.1 Å². The highest BCUT2D eigenvalue weighted by atomic mass is 35.5. The summed E-state index contributed by atoms with van der Waals surface area (Å²) in [6, 6.07) is 12.1. The van der Waals surface area contributed by atoms with Gasteiger partial charge in [-0.15, -0.1) is 0 Å². The van der Waals surface area contributed by atoms with Gasteiger partial charge >= 0.3 is 0 Å². The summed E-state index contributed by atoms with van der Waals surface area (Å²) in [6.07, 6.45) is 0.445. The molecule has 7 nitrogen and oxygen atoms in total. The van der Waals surface area contributed by atoms with Crippen molar-refractivity contribution in [1.29, 1.82) is 0 Å². The van der Waals surface area contributed by atoms with Crippen molar-refractivity contribution in [2.24, 2.45) is 0 Å². The van der Waals surface area contributed by atoms with Gasteiger partial charge in [-0.25, -0.2) is 4.98 Å². The van der Waals surface area contributed by atoms with Crippen LogP contribution < -0.4 is 9.80 Å². The topological polar surface area (TPSA) is 73.8 Å². The Morgan fingerprint density at radius 1 is 1.03 bits per heavy atom. The number of nitrogens with zero attached hydrogens (tertiary/aromatic N) is 4. The lowest BCUT2D eigenvalue weighted by atomic mass is 10.1. The molecule has 1 fully saturated rings. The summed E-state index contributed by atoms with van der Waals surface area (Å²) in [5, 5.41) is 1.23. The molecule has 0 spiro atoms. The molecule has 0 radical (unpaired) electrons. The number of thiazole rings is 1. The Kier molecular flexibility index (Phi) is 7.07. The van der Waals surface area contributed by atoms with Gasteiger partial charge in [0.2, 0.25) is 11.8 Å². The molecule has 0 unspecified atom stereocenters. The predicted octanol–water partition coefficient (Wildman–Crippen LogP) is 4.59. The van der Waals surface area contributed by atoms with Crippen LogP contribution in [0.15, 0.2) is 42.5 Å². The lowest BCUT2D eigenvalue weighted by molar-refractivity contribution is -0.121. The van der Waals surface area contributed by atoms with Crippen LogP contribution in [0.5, 0.6) is 0 Å². The van der Waals surface area contributed by atoms with Crippen molar-refractivity contribution >= 4 is 61.7 Å². The summed E-state index contributed by atoms with van der Waals surface area (Å²) in [6.45, 7) is 7.16. The molecule has 2 aromatic carbocycles. The fourth-order valence-corrected chi connectivity index (χ4v) is 5.11. The molecule has 0 atom stereocenters. The first kappa shape index (κ1) is 23.4. The van der Waals surface area contributed by atoms with Crippen molar-refractivity contribution in [3.63, 3.8) is 0 Å². The molecule has 4 rings (SSSR count). The molecule has 1 aliphatic rings. The molecule has 1 aromatic heterocycles. The van der Waals surface area contributed by atoms with Crippen LogP contribution in [0.1, 0.15) is 37.0 Å². The highest BCUT2D eigenvalue weighted by Gasteiger charge is 2.30. The minimum atomic E-state index is -0.215. The van der Waals surface area contributed by atoms with Crippen molar-refractivity contribution in [3.8, 4) is 0 Å². The van der Waals surface area contributed by atoms with Crippen molar-refractivity contribution in [2.75, 3.05) is 36.0 Å². The molecule has 3 amide bonds. The maximum atomic E-state index is 13.5. The molecule has 0 aliphatic carbocycles. The maximum absolute atomic E-state index is 13.5. The van der Waals surface area contributed by atoms with Crippen LogP contribution in [0.4, 0.5) is 10.8 Å². The van der Waals surface area contributed by atoms with Gasteiger partial charge in [0, 0.05) is 36.5 Å². The quantitative estimate of drug-likeness (QED) is 0.437. The average Bonchev–Trinajstić information content (AvgIpc) is 3.38. The molecule has 33 heavy (non-hydrogen) atoms. The summed E-state index contributed by atoms with van der Waals surface area (Å²) < 4.78 is 0.916. The third-order valence-electron chi connectivity index (χ3n) is 5.77. The number of likely N-dealkylation sites (N-methyl/N-ethyl adjacent to an activating group) is 1. The Balaban J connectivity index is 1.63. The van der Waals surface area contributed by atoms with E-state index in [9.17, 15) is 14.4 Å². The number of hydrogen-bond acceptors (Lipinski definition) is 6. The predicted molar refractivity (Wildman–Crippen MR) is 132 cm³/mol. The van der Waals surface area contributed by atoms with Gasteiger partial charge in [-0.3, -0.25) is 24.2 Å². The minimum Gasteiger partial charge on any atom is -0.302 e. The highest BCUT2D eigenvalue weighted by molar-refractivity contribution is 7.22. The van der Waals surface area contributed by atoms with E-state index in [2.05, 4.69) is 23.7 Å². The van der Waals surface area contributed by atoms with E-state index in [0.717, 1.165) is 23.3 Å². The number of benzene rings is 2. The zero-order valence-electron chi connectivity index (χ0n) is 18.6. The largest absolute Gasteiger partial charge is 0.302 e. The van der Waals surface area contributed by atoms with Gasteiger partial charge in [-0.2, -0.15) is 0 Å². The van der Waals surface area contributed by atoms with Gasteiger partial charge in [-0.1, -0.05) is 36.8 Å². The number of carbonyl (C=O) groups excluding carboxylic acids is 3. The van der Waals surface area contributed by atoms with E-state index in [4.69, 9.17) is 11.6 Å². The number of halogens is 1. The fraction of sp³-hybridized carbons (Fsp3) is 0.333. The van der Waals surface area contributed by atoms with Crippen LogP contribution in [0, 0.1) is 0 Å². The second-order valence-corrected chi connectivity index (χ2v) is 9.21. The lowest BCUT2D eigenvalue weighted by Crippen LogP contribution is -2.39. The molecule has 1 saturated heterocycles. The second kappa shape index (κ2) is 9.99. The maximum Gasteiger partial charge on any atom is 0.260 e. The van der Waals surface area contributed by atoms with Gasteiger partial charge < -0.3 is 4.90 Å². The molecule has 1 aliphatic heterocycles. The second-order valence-electron chi connectivity index (χ2n) is 7.76. The van der Waals surface area contributed by atoms with Crippen LogP contribution in [0.2, 0.25) is 5.02 Å². The van der Waals surface area contributed by atoms with Crippen LogP contribution >= 0.6 is 22.9 Å². The molecule has 172 valence electrons. The molecular weight excluding hydrogens is 460 g/mol. The molecule has 0 bridgehead atoms. The summed E-state index contributed by atoms with van der Waals surface area (Å²) in [5.74, 6) is -0.612. The monoisotopic (exact) mass is 484 g/mol. The van der Waals surface area contributed by atoms with Crippen molar-refractivity contribution in [2.45, 2.75) is 26.7 Å². The molecule has 3 aromatic rings.